The topological polar surface area (TPSA) is 81.4 Å². The third-order valence-electron chi connectivity index (χ3n) is 5.53. The molecule has 0 aliphatic carbocycles. The highest BCUT2D eigenvalue weighted by atomic mass is 16.5. The lowest BCUT2D eigenvalue weighted by atomic mass is 9.78. The van der Waals surface area contributed by atoms with Crippen molar-refractivity contribution >= 4 is 5.91 Å². The summed E-state index contributed by atoms with van der Waals surface area (Å²) in [4.78, 5) is 22.8. The monoisotopic (exact) mass is 356 g/mol. The SMILES string of the molecule is Cc1nc(CC2CCOC3(CCN(C(=O)c4ccncc4)CC3)C2)no1. The lowest BCUT2D eigenvalue weighted by Crippen LogP contribution is -2.51. The number of rotatable bonds is 3. The molecular formula is C19H24N4O3. The maximum Gasteiger partial charge on any atom is 0.253 e. The van der Waals surface area contributed by atoms with Gasteiger partial charge in [0.25, 0.3) is 5.91 Å². The summed E-state index contributed by atoms with van der Waals surface area (Å²) >= 11 is 0. The number of aromatic nitrogens is 3. The van der Waals surface area contributed by atoms with Crippen LogP contribution in [0.25, 0.3) is 0 Å². The number of hydrogen-bond acceptors (Lipinski definition) is 6. The van der Waals surface area contributed by atoms with E-state index in [0.717, 1.165) is 57.6 Å². The Morgan fingerprint density at radius 2 is 2.08 bits per heavy atom. The summed E-state index contributed by atoms with van der Waals surface area (Å²) in [5.74, 6) is 1.99. The molecule has 2 saturated heterocycles. The summed E-state index contributed by atoms with van der Waals surface area (Å²) in [6.45, 7) is 4.04. The second-order valence-electron chi connectivity index (χ2n) is 7.35. The molecule has 2 aromatic heterocycles. The molecule has 0 bridgehead atoms. The molecule has 2 aliphatic heterocycles. The van der Waals surface area contributed by atoms with Gasteiger partial charge in [0.15, 0.2) is 5.82 Å². The zero-order valence-electron chi connectivity index (χ0n) is 15.1. The number of amides is 1. The molecule has 1 amide bonds. The van der Waals surface area contributed by atoms with Crippen molar-refractivity contribution in [2.24, 2.45) is 5.92 Å². The van der Waals surface area contributed by atoms with Crippen molar-refractivity contribution in [1.29, 1.82) is 0 Å². The minimum atomic E-state index is -0.114. The van der Waals surface area contributed by atoms with Gasteiger partial charge in [-0.25, -0.2) is 0 Å². The van der Waals surface area contributed by atoms with Gasteiger partial charge in [-0.2, -0.15) is 4.98 Å². The van der Waals surface area contributed by atoms with Gasteiger partial charge in [-0.1, -0.05) is 5.16 Å². The third-order valence-corrected chi connectivity index (χ3v) is 5.53. The first-order valence-corrected chi connectivity index (χ1v) is 9.26. The minimum absolute atomic E-state index is 0.0804. The standard InChI is InChI=1S/C19H24N4O3/c1-14-21-17(22-26-14)12-15-4-11-25-19(13-15)5-9-23(10-6-19)18(24)16-2-7-20-8-3-16/h2-3,7-8,15H,4-6,9-13H2,1H3. The zero-order chi connectivity index (χ0) is 18.0. The van der Waals surface area contributed by atoms with Crippen LogP contribution in [0.1, 0.15) is 47.8 Å². The number of likely N-dealkylation sites (tertiary alicyclic amines) is 1. The Balaban J connectivity index is 1.36. The van der Waals surface area contributed by atoms with Gasteiger partial charge in [0.1, 0.15) is 0 Å². The van der Waals surface area contributed by atoms with Crippen LogP contribution in [0.4, 0.5) is 0 Å². The fourth-order valence-corrected chi connectivity index (χ4v) is 4.13. The van der Waals surface area contributed by atoms with Gasteiger partial charge in [-0.3, -0.25) is 9.78 Å². The lowest BCUT2D eigenvalue weighted by Gasteiger charge is -2.46. The Bertz CT molecular complexity index is 753. The average molecular weight is 356 g/mol. The molecule has 1 spiro atoms. The molecule has 4 rings (SSSR count). The summed E-state index contributed by atoms with van der Waals surface area (Å²) in [5.41, 5.74) is 0.586. The maximum atomic E-state index is 12.6. The van der Waals surface area contributed by atoms with Crippen molar-refractivity contribution in [3.8, 4) is 0 Å². The van der Waals surface area contributed by atoms with Crippen LogP contribution in [0.5, 0.6) is 0 Å². The normalized spacial score (nSPS) is 22.5. The van der Waals surface area contributed by atoms with Crippen LogP contribution in [-0.4, -0.2) is 51.2 Å². The smallest absolute Gasteiger partial charge is 0.253 e. The molecule has 2 aliphatic rings. The number of pyridine rings is 1. The zero-order valence-corrected chi connectivity index (χ0v) is 15.1. The summed E-state index contributed by atoms with van der Waals surface area (Å²) in [6, 6.07) is 3.54. The first-order valence-electron chi connectivity index (χ1n) is 9.26. The molecule has 0 aromatic carbocycles. The van der Waals surface area contributed by atoms with E-state index in [4.69, 9.17) is 9.26 Å². The predicted octanol–water partition coefficient (Wildman–Crippen LogP) is 2.42. The molecule has 4 heterocycles. The molecule has 1 unspecified atom stereocenters. The van der Waals surface area contributed by atoms with Crippen molar-refractivity contribution in [2.75, 3.05) is 19.7 Å². The molecule has 7 nitrogen and oxygen atoms in total. The number of carbonyl (C=O) groups is 1. The molecule has 0 radical (unpaired) electrons. The van der Waals surface area contributed by atoms with Crippen molar-refractivity contribution in [3.63, 3.8) is 0 Å². The Morgan fingerprint density at radius 1 is 1.31 bits per heavy atom. The van der Waals surface area contributed by atoms with E-state index in [1.807, 2.05) is 11.8 Å². The lowest BCUT2D eigenvalue weighted by molar-refractivity contribution is -0.123. The van der Waals surface area contributed by atoms with Gasteiger partial charge in [0, 0.05) is 51.0 Å². The number of nitrogens with zero attached hydrogens (tertiary/aromatic N) is 4. The molecule has 0 saturated carbocycles. The van der Waals surface area contributed by atoms with E-state index in [9.17, 15) is 4.79 Å². The summed E-state index contributed by atoms with van der Waals surface area (Å²) in [7, 11) is 0. The molecule has 2 aromatic rings. The second kappa shape index (κ2) is 7.15. The van der Waals surface area contributed by atoms with Crippen LogP contribution in [-0.2, 0) is 11.2 Å². The van der Waals surface area contributed by atoms with Gasteiger partial charge < -0.3 is 14.2 Å². The number of hydrogen-bond donors (Lipinski definition) is 0. The largest absolute Gasteiger partial charge is 0.375 e. The Labute approximate surface area is 152 Å². The van der Waals surface area contributed by atoms with Crippen molar-refractivity contribution in [2.45, 2.75) is 44.6 Å². The van der Waals surface area contributed by atoms with Crippen LogP contribution in [0, 0.1) is 12.8 Å². The first-order chi connectivity index (χ1) is 12.6. The summed E-state index contributed by atoms with van der Waals surface area (Å²) in [5, 5.41) is 4.03. The molecule has 2 fully saturated rings. The van der Waals surface area contributed by atoms with Crippen molar-refractivity contribution in [3.05, 3.63) is 41.8 Å². The fraction of sp³-hybridized carbons (Fsp3) is 0.579. The quantitative estimate of drug-likeness (QED) is 0.840. The highest BCUT2D eigenvalue weighted by molar-refractivity contribution is 5.94. The molecule has 0 N–H and O–H groups in total. The third kappa shape index (κ3) is 3.62. The number of piperidine rings is 1. The van der Waals surface area contributed by atoms with Crippen molar-refractivity contribution < 1.29 is 14.1 Å². The molecular weight excluding hydrogens is 332 g/mol. The number of carbonyl (C=O) groups excluding carboxylic acids is 1. The van der Waals surface area contributed by atoms with E-state index in [2.05, 4.69) is 15.1 Å². The van der Waals surface area contributed by atoms with E-state index in [-0.39, 0.29) is 11.5 Å². The summed E-state index contributed by atoms with van der Waals surface area (Å²) in [6.07, 6.45) is 7.94. The van der Waals surface area contributed by atoms with Gasteiger partial charge in [-0.15, -0.1) is 0 Å². The highest BCUT2D eigenvalue weighted by Crippen LogP contribution is 2.38. The first kappa shape index (κ1) is 17.1. The molecule has 26 heavy (non-hydrogen) atoms. The van der Waals surface area contributed by atoms with Crippen LogP contribution in [0.3, 0.4) is 0 Å². The van der Waals surface area contributed by atoms with E-state index in [1.54, 1.807) is 24.5 Å². The van der Waals surface area contributed by atoms with Gasteiger partial charge in [0.05, 0.1) is 5.60 Å². The fourth-order valence-electron chi connectivity index (χ4n) is 4.13. The predicted molar refractivity (Wildman–Crippen MR) is 93.5 cm³/mol. The van der Waals surface area contributed by atoms with E-state index in [0.29, 0.717) is 17.4 Å². The average Bonchev–Trinajstić information content (AvgIpc) is 3.07. The van der Waals surface area contributed by atoms with E-state index >= 15 is 0 Å². The van der Waals surface area contributed by atoms with Crippen LogP contribution >= 0.6 is 0 Å². The highest BCUT2D eigenvalue weighted by Gasteiger charge is 2.41. The number of aryl methyl sites for hydroxylation is 1. The van der Waals surface area contributed by atoms with E-state index in [1.165, 1.54) is 0 Å². The van der Waals surface area contributed by atoms with Crippen LogP contribution < -0.4 is 0 Å². The molecule has 138 valence electrons. The van der Waals surface area contributed by atoms with Crippen LogP contribution in [0.15, 0.2) is 29.0 Å². The summed E-state index contributed by atoms with van der Waals surface area (Å²) < 4.78 is 11.3. The second-order valence-corrected chi connectivity index (χ2v) is 7.35. The van der Waals surface area contributed by atoms with Gasteiger partial charge in [-0.05, 0) is 43.7 Å². The Hall–Kier alpha value is -2.28. The number of ether oxygens (including phenoxy) is 1. The molecule has 7 heteroatoms. The molecule has 1 atom stereocenters. The van der Waals surface area contributed by atoms with Crippen LogP contribution in [0.2, 0.25) is 0 Å². The van der Waals surface area contributed by atoms with Gasteiger partial charge >= 0.3 is 0 Å². The van der Waals surface area contributed by atoms with Gasteiger partial charge in [0.2, 0.25) is 5.89 Å². The maximum absolute atomic E-state index is 12.6. The van der Waals surface area contributed by atoms with E-state index < -0.39 is 0 Å². The van der Waals surface area contributed by atoms with Crippen molar-refractivity contribution in [1.82, 2.24) is 20.0 Å². The Kier molecular flexibility index (Phi) is 4.72. The minimum Gasteiger partial charge on any atom is -0.375 e. The Morgan fingerprint density at radius 3 is 2.77 bits per heavy atom.